The van der Waals surface area contributed by atoms with Crippen molar-refractivity contribution >= 4 is 35.1 Å². The van der Waals surface area contributed by atoms with Gasteiger partial charge in [0.15, 0.2) is 0 Å². The third-order valence-corrected chi connectivity index (χ3v) is 7.07. The van der Waals surface area contributed by atoms with Crippen LogP contribution in [0.3, 0.4) is 0 Å². The van der Waals surface area contributed by atoms with Gasteiger partial charge in [-0.15, -0.1) is 0 Å². The van der Waals surface area contributed by atoms with E-state index in [4.69, 9.17) is 16.3 Å². The zero-order chi connectivity index (χ0) is 29.3. The molecule has 0 fully saturated rings. The van der Waals surface area contributed by atoms with E-state index in [9.17, 15) is 19.1 Å². The molecule has 13 heteroatoms. The Labute approximate surface area is 239 Å². The molecule has 41 heavy (non-hydrogen) atoms. The fourth-order valence-electron chi connectivity index (χ4n) is 4.60. The third-order valence-electron chi connectivity index (χ3n) is 6.80. The van der Waals surface area contributed by atoms with Crippen molar-refractivity contribution < 1.29 is 23.8 Å². The highest BCUT2D eigenvalue weighted by Crippen LogP contribution is 2.33. The molecule has 0 saturated carbocycles. The number of aromatic nitrogens is 4. The Morgan fingerprint density at radius 3 is 2.76 bits per heavy atom. The fraction of sp³-hybridized carbons (Fsp3) is 0.250. The lowest BCUT2D eigenvalue weighted by Gasteiger charge is -2.26. The van der Waals surface area contributed by atoms with Gasteiger partial charge < -0.3 is 25.4 Å². The Morgan fingerprint density at radius 1 is 1.24 bits per heavy atom. The highest BCUT2D eigenvalue weighted by atomic mass is 35.5. The summed E-state index contributed by atoms with van der Waals surface area (Å²) in [6, 6.07) is 7.48. The van der Waals surface area contributed by atoms with E-state index in [1.165, 1.54) is 36.4 Å². The van der Waals surface area contributed by atoms with Crippen LogP contribution in [0, 0.1) is 5.82 Å². The van der Waals surface area contributed by atoms with Crippen molar-refractivity contribution in [2.24, 2.45) is 7.05 Å². The fourth-order valence-corrected chi connectivity index (χ4v) is 4.80. The second-order valence-corrected chi connectivity index (χ2v) is 9.97. The van der Waals surface area contributed by atoms with Gasteiger partial charge in [0.1, 0.15) is 17.6 Å². The van der Waals surface area contributed by atoms with Gasteiger partial charge in [0, 0.05) is 37.0 Å². The van der Waals surface area contributed by atoms with Crippen molar-refractivity contribution in [3.63, 3.8) is 0 Å². The van der Waals surface area contributed by atoms with E-state index in [1.54, 1.807) is 43.2 Å². The zero-order valence-corrected chi connectivity index (χ0v) is 23.2. The molecule has 2 aromatic heterocycles. The van der Waals surface area contributed by atoms with Crippen molar-refractivity contribution in [2.45, 2.75) is 25.6 Å². The number of nitrogens with zero attached hydrogens (tertiary/aromatic N) is 5. The molecule has 2 aromatic carbocycles. The highest BCUT2D eigenvalue weighted by Gasteiger charge is 2.35. The van der Waals surface area contributed by atoms with Crippen LogP contribution in [-0.4, -0.2) is 61.3 Å². The summed E-state index contributed by atoms with van der Waals surface area (Å²) in [4.78, 5) is 36.7. The van der Waals surface area contributed by atoms with Crippen molar-refractivity contribution in [1.29, 1.82) is 0 Å². The number of fused-ring (bicyclic) bond motifs is 1. The van der Waals surface area contributed by atoms with E-state index in [1.807, 2.05) is 6.07 Å². The molecule has 11 nitrogen and oxygen atoms in total. The zero-order valence-electron chi connectivity index (χ0n) is 22.4. The summed E-state index contributed by atoms with van der Waals surface area (Å²) in [6.07, 6.45) is 4.88. The number of aliphatic hydroxyl groups excluding tert-OH is 1. The Morgan fingerprint density at radius 2 is 2.05 bits per heavy atom. The number of carbonyl (C=O) groups excluding carboxylic acids is 2. The Kier molecular flexibility index (Phi) is 7.86. The number of aliphatic hydroxyl groups is 1. The molecule has 2 amide bonds. The van der Waals surface area contributed by atoms with E-state index in [0.29, 0.717) is 39.0 Å². The topological polar surface area (TPSA) is 134 Å². The number of hydrogen-bond acceptors (Lipinski definition) is 8. The maximum absolute atomic E-state index is 14.0. The standard InChI is InChI=1S/C28H27ClFN7O4/c1-15(26(39)34-24(14-38)18-6-19(30)9-21(7-18)41-3)37-12-17-5-4-16(8-22(17)27(37)40)25-23(29)11-31-28(35-25)33-20-10-32-36(2)13-20/h4-11,13,15,24,38H,12,14H2,1-3H3,(H,34,39)(H,31,33,35). The summed E-state index contributed by atoms with van der Waals surface area (Å²) >= 11 is 6.42. The minimum Gasteiger partial charge on any atom is -0.497 e. The van der Waals surface area contributed by atoms with Crippen molar-refractivity contribution in [3.8, 4) is 17.0 Å². The maximum atomic E-state index is 14.0. The van der Waals surface area contributed by atoms with Crippen LogP contribution >= 0.6 is 11.6 Å². The summed E-state index contributed by atoms with van der Waals surface area (Å²) in [7, 11) is 3.19. The van der Waals surface area contributed by atoms with Crippen molar-refractivity contribution in [2.75, 3.05) is 19.0 Å². The Bertz CT molecular complexity index is 1630. The molecule has 1 aliphatic rings. The minimum absolute atomic E-state index is 0.214. The molecular formula is C28H27ClFN7O4. The molecule has 0 spiro atoms. The summed E-state index contributed by atoms with van der Waals surface area (Å²) in [5.74, 6) is -0.837. The molecular weight excluding hydrogens is 553 g/mol. The molecule has 0 radical (unpaired) electrons. The molecule has 2 atom stereocenters. The van der Waals surface area contributed by atoms with Crippen LogP contribution < -0.4 is 15.4 Å². The van der Waals surface area contributed by atoms with Crippen LogP contribution in [0.5, 0.6) is 5.75 Å². The monoisotopic (exact) mass is 579 g/mol. The molecule has 4 aromatic rings. The number of hydrogen-bond donors (Lipinski definition) is 3. The highest BCUT2D eigenvalue weighted by molar-refractivity contribution is 6.33. The van der Waals surface area contributed by atoms with Gasteiger partial charge in [0.2, 0.25) is 11.9 Å². The smallest absolute Gasteiger partial charge is 0.255 e. The summed E-state index contributed by atoms with van der Waals surface area (Å²) in [6.45, 7) is 1.34. The first-order chi connectivity index (χ1) is 19.7. The quantitative estimate of drug-likeness (QED) is 0.274. The van der Waals surface area contributed by atoms with Crippen LogP contribution in [0.15, 0.2) is 55.0 Å². The maximum Gasteiger partial charge on any atom is 0.255 e. The lowest BCUT2D eigenvalue weighted by Crippen LogP contribution is -2.46. The Balaban J connectivity index is 1.33. The van der Waals surface area contributed by atoms with Gasteiger partial charge in [0.25, 0.3) is 5.91 Å². The number of rotatable bonds is 9. The molecule has 5 rings (SSSR count). The number of benzene rings is 2. The first kappa shape index (κ1) is 28.0. The van der Waals surface area contributed by atoms with Gasteiger partial charge in [-0.2, -0.15) is 5.10 Å². The van der Waals surface area contributed by atoms with Crippen LogP contribution in [-0.2, 0) is 18.4 Å². The lowest BCUT2D eigenvalue weighted by atomic mass is 10.0. The molecule has 3 heterocycles. The predicted octanol–water partition coefficient (Wildman–Crippen LogP) is 3.62. The van der Waals surface area contributed by atoms with E-state index in [0.717, 1.165) is 5.56 Å². The number of anilines is 2. The summed E-state index contributed by atoms with van der Waals surface area (Å²) in [5, 5.41) is 20.1. The second-order valence-electron chi connectivity index (χ2n) is 9.57. The summed E-state index contributed by atoms with van der Waals surface area (Å²) < 4.78 is 20.7. The Hall–Kier alpha value is -4.55. The number of carbonyl (C=O) groups is 2. The number of ether oxygens (including phenoxy) is 1. The number of halogens is 2. The van der Waals surface area contributed by atoms with E-state index < -0.39 is 30.4 Å². The normalized spacial score (nSPS) is 14.0. The van der Waals surface area contributed by atoms with E-state index in [-0.39, 0.29) is 18.2 Å². The average molecular weight is 580 g/mol. The second kappa shape index (κ2) is 11.5. The number of methoxy groups -OCH3 is 1. The SMILES string of the molecule is COc1cc(F)cc(C(CO)NC(=O)C(C)N2Cc3ccc(-c4nc(Nc5cnn(C)c5)ncc4Cl)cc3C2=O)c1. The van der Waals surface area contributed by atoms with Gasteiger partial charge in [-0.3, -0.25) is 14.3 Å². The van der Waals surface area contributed by atoms with Gasteiger partial charge in [-0.1, -0.05) is 23.7 Å². The molecule has 0 saturated heterocycles. The van der Waals surface area contributed by atoms with Gasteiger partial charge in [-0.25, -0.2) is 14.4 Å². The number of nitrogens with one attached hydrogen (secondary N) is 2. The minimum atomic E-state index is -0.893. The first-order valence-corrected chi connectivity index (χ1v) is 13.0. The van der Waals surface area contributed by atoms with Gasteiger partial charge in [0.05, 0.1) is 48.6 Å². The predicted molar refractivity (Wildman–Crippen MR) is 149 cm³/mol. The van der Waals surface area contributed by atoms with E-state index in [2.05, 4.69) is 25.7 Å². The van der Waals surface area contributed by atoms with Crippen LogP contribution in [0.25, 0.3) is 11.3 Å². The molecule has 3 N–H and O–H groups in total. The largest absolute Gasteiger partial charge is 0.497 e. The number of amides is 2. The molecule has 1 aliphatic heterocycles. The third kappa shape index (κ3) is 5.83. The molecule has 0 bridgehead atoms. The first-order valence-electron chi connectivity index (χ1n) is 12.6. The van der Waals surface area contributed by atoms with Gasteiger partial charge >= 0.3 is 0 Å². The van der Waals surface area contributed by atoms with Crippen molar-refractivity contribution in [1.82, 2.24) is 30.0 Å². The van der Waals surface area contributed by atoms with Crippen molar-refractivity contribution in [3.05, 3.63) is 82.5 Å². The number of aryl methyl sites for hydroxylation is 1. The van der Waals surface area contributed by atoms with Crippen LogP contribution in [0.4, 0.5) is 16.0 Å². The van der Waals surface area contributed by atoms with E-state index >= 15 is 0 Å². The molecule has 212 valence electrons. The average Bonchev–Trinajstić information content (AvgIpc) is 3.53. The molecule has 0 aliphatic carbocycles. The summed E-state index contributed by atoms with van der Waals surface area (Å²) in [5.41, 5.74) is 3.25. The van der Waals surface area contributed by atoms with Crippen LogP contribution in [0.1, 0.15) is 34.5 Å². The molecule has 2 unspecified atom stereocenters. The van der Waals surface area contributed by atoms with Gasteiger partial charge in [-0.05, 0) is 36.2 Å². The van der Waals surface area contributed by atoms with Crippen LogP contribution in [0.2, 0.25) is 5.02 Å². The lowest BCUT2D eigenvalue weighted by molar-refractivity contribution is -0.126.